The van der Waals surface area contributed by atoms with E-state index in [2.05, 4.69) is 10.5 Å². The summed E-state index contributed by atoms with van der Waals surface area (Å²) in [6, 6.07) is 0. The average molecular weight is 184 g/mol. The molecule has 0 heterocycles. The summed E-state index contributed by atoms with van der Waals surface area (Å²) in [6.45, 7) is 0.403. The van der Waals surface area contributed by atoms with E-state index in [0.29, 0.717) is 13.0 Å². The smallest absolute Gasteiger partial charge is 0.207 e. The van der Waals surface area contributed by atoms with Crippen molar-refractivity contribution in [3.05, 3.63) is 4.91 Å². The molecule has 0 aromatic heterocycles. The number of nitrogens with zero attached hydrogens (tertiary/aromatic N) is 1. The third-order valence-corrected chi connectivity index (χ3v) is 2.74. The van der Waals surface area contributed by atoms with Crippen molar-refractivity contribution in [1.82, 2.24) is 5.32 Å². The quantitative estimate of drug-likeness (QED) is 0.410. The van der Waals surface area contributed by atoms with Crippen molar-refractivity contribution in [2.45, 2.75) is 44.1 Å². The maximum Gasteiger partial charge on any atom is 0.207 e. The third-order valence-electron chi connectivity index (χ3n) is 2.74. The number of nitroso groups, excluding NO2 is 1. The molecule has 0 saturated heterocycles. The Bertz CT molecular complexity index is 174. The standard InChI is InChI=1S/C9H16N2O2/c12-8-10-7-9(11-13)5-3-1-2-4-6-9/h8H,1-7H2,(H,10,12). The van der Waals surface area contributed by atoms with Gasteiger partial charge in [0.1, 0.15) is 5.54 Å². The maximum atomic E-state index is 10.7. The Kier molecular flexibility index (Phi) is 3.86. The molecule has 0 bridgehead atoms. The zero-order chi connectivity index (χ0) is 9.57. The molecular weight excluding hydrogens is 168 g/mol. The van der Waals surface area contributed by atoms with Gasteiger partial charge in [-0.2, -0.15) is 4.91 Å². The summed E-state index contributed by atoms with van der Waals surface area (Å²) in [5, 5.41) is 5.77. The van der Waals surface area contributed by atoms with Crippen molar-refractivity contribution in [1.29, 1.82) is 0 Å². The van der Waals surface area contributed by atoms with Crippen LogP contribution in [0.15, 0.2) is 5.18 Å². The van der Waals surface area contributed by atoms with Crippen molar-refractivity contribution in [3.63, 3.8) is 0 Å². The van der Waals surface area contributed by atoms with Gasteiger partial charge in [0.25, 0.3) is 0 Å². The second-order valence-corrected chi connectivity index (χ2v) is 3.73. The first-order valence-electron chi connectivity index (χ1n) is 4.84. The Morgan fingerprint density at radius 1 is 1.23 bits per heavy atom. The van der Waals surface area contributed by atoms with Gasteiger partial charge < -0.3 is 5.32 Å². The highest BCUT2D eigenvalue weighted by atomic mass is 16.3. The van der Waals surface area contributed by atoms with Gasteiger partial charge >= 0.3 is 0 Å². The summed E-state index contributed by atoms with van der Waals surface area (Å²) in [7, 11) is 0. The van der Waals surface area contributed by atoms with Crippen LogP contribution in [0.2, 0.25) is 0 Å². The molecule has 0 spiro atoms. The summed E-state index contributed by atoms with van der Waals surface area (Å²) in [6.07, 6.45) is 6.72. The van der Waals surface area contributed by atoms with Crippen LogP contribution in [0.25, 0.3) is 0 Å². The van der Waals surface area contributed by atoms with E-state index in [0.717, 1.165) is 25.7 Å². The number of carbonyl (C=O) groups excluding carboxylic acids is 1. The monoisotopic (exact) mass is 184 g/mol. The van der Waals surface area contributed by atoms with Gasteiger partial charge in [0.05, 0.1) is 0 Å². The maximum absolute atomic E-state index is 10.7. The topological polar surface area (TPSA) is 58.5 Å². The summed E-state index contributed by atoms with van der Waals surface area (Å²) in [4.78, 5) is 20.9. The zero-order valence-corrected chi connectivity index (χ0v) is 7.79. The van der Waals surface area contributed by atoms with Crippen molar-refractivity contribution >= 4 is 6.41 Å². The van der Waals surface area contributed by atoms with E-state index in [9.17, 15) is 9.70 Å². The van der Waals surface area contributed by atoms with Crippen LogP contribution < -0.4 is 5.32 Å². The lowest BCUT2D eigenvalue weighted by atomic mass is 9.91. The summed E-state index contributed by atoms with van der Waals surface area (Å²) in [5.41, 5.74) is -0.516. The highest BCUT2D eigenvalue weighted by Crippen LogP contribution is 2.29. The predicted molar refractivity (Wildman–Crippen MR) is 50.3 cm³/mol. The third kappa shape index (κ3) is 2.79. The second-order valence-electron chi connectivity index (χ2n) is 3.73. The lowest BCUT2D eigenvalue weighted by molar-refractivity contribution is -0.109. The molecule has 0 unspecified atom stereocenters. The molecule has 1 N–H and O–H groups in total. The van der Waals surface area contributed by atoms with Gasteiger partial charge in [0.2, 0.25) is 6.41 Å². The molecule has 1 fully saturated rings. The van der Waals surface area contributed by atoms with Crippen LogP contribution in [0.4, 0.5) is 0 Å². The SMILES string of the molecule is O=CNCC1(N=O)CCCCCC1. The van der Waals surface area contributed by atoms with Crippen LogP contribution in [-0.4, -0.2) is 18.5 Å². The van der Waals surface area contributed by atoms with Gasteiger partial charge in [0, 0.05) is 6.54 Å². The molecule has 1 aliphatic rings. The molecule has 4 heteroatoms. The fourth-order valence-electron chi connectivity index (χ4n) is 1.92. The number of nitrogens with one attached hydrogen (secondary N) is 1. The van der Waals surface area contributed by atoms with E-state index < -0.39 is 5.54 Å². The van der Waals surface area contributed by atoms with Crippen LogP contribution in [0, 0.1) is 4.91 Å². The van der Waals surface area contributed by atoms with Crippen LogP contribution in [0.3, 0.4) is 0 Å². The molecule has 0 aromatic carbocycles. The van der Waals surface area contributed by atoms with Crippen molar-refractivity contribution in [3.8, 4) is 0 Å². The second kappa shape index (κ2) is 4.94. The fourth-order valence-corrected chi connectivity index (χ4v) is 1.92. The molecule has 0 aliphatic heterocycles. The molecule has 13 heavy (non-hydrogen) atoms. The van der Waals surface area contributed by atoms with Gasteiger partial charge in [0.15, 0.2) is 0 Å². The van der Waals surface area contributed by atoms with E-state index >= 15 is 0 Å². The zero-order valence-electron chi connectivity index (χ0n) is 7.79. The lowest BCUT2D eigenvalue weighted by Gasteiger charge is -2.23. The number of rotatable bonds is 4. The number of hydrogen-bond acceptors (Lipinski definition) is 3. The Morgan fingerprint density at radius 3 is 2.31 bits per heavy atom. The molecule has 1 amide bonds. The number of hydrogen-bond donors (Lipinski definition) is 1. The normalized spacial score (nSPS) is 21.5. The molecule has 1 aliphatic carbocycles. The Morgan fingerprint density at radius 2 is 1.85 bits per heavy atom. The van der Waals surface area contributed by atoms with Crippen LogP contribution in [-0.2, 0) is 4.79 Å². The molecule has 1 saturated carbocycles. The molecule has 0 aromatic rings. The molecule has 1 rings (SSSR count). The Labute approximate surface area is 78.1 Å². The van der Waals surface area contributed by atoms with Crippen molar-refractivity contribution < 1.29 is 4.79 Å². The predicted octanol–water partition coefficient (Wildman–Crippen LogP) is 1.59. The van der Waals surface area contributed by atoms with E-state index in [-0.39, 0.29) is 0 Å². The minimum atomic E-state index is -0.516. The first-order chi connectivity index (χ1) is 6.33. The minimum Gasteiger partial charge on any atom is -0.356 e. The van der Waals surface area contributed by atoms with E-state index in [4.69, 9.17) is 0 Å². The largest absolute Gasteiger partial charge is 0.356 e. The van der Waals surface area contributed by atoms with Crippen LogP contribution >= 0.6 is 0 Å². The Balaban J connectivity index is 2.53. The van der Waals surface area contributed by atoms with Crippen LogP contribution in [0.5, 0.6) is 0 Å². The Hall–Kier alpha value is -0.930. The van der Waals surface area contributed by atoms with Crippen LogP contribution in [0.1, 0.15) is 38.5 Å². The molecule has 0 radical (unpaired) electrons. The number of carbonyl (C=O) groups is 1. The van der Waals surface area contributed by atoms with Crippen molar-refractivity contribution in [2.75, 3.05) is 6.54 Å². The van der Waals surface area contributed by atoms with E-state index in [1.807, 2.05) is 0 Å². The number of amides is 1. The first-order valence-corrected chi connectivity index (χ1v) is 4.84. The van der Waals surface area contributed by atoms with Gasteiger partial charge in [-0.15, -0.1) is 0 Å². The summed E-state index contributed by atoms with van der Waals surface area (Å²) >= 11 is 0. The van der Waals surface area contributed by atoms with Crippen molar-refractivity contribution in [2.24, 2.45) is 5.18 Å². The highest BCUT2D eigenvalue weighted by Gasteiger charge is 2.31. The van der Waals surface area contributed by atoms with E-state index in [1.165, 1.54) is 12.8 Å². The lowest BCUT2D eigenvalue weighted by Crippen LogP contribution is -2.37. The molecule has 0 atom stereocenters. The van der Waals surface area contributed by atoms with Gasteiger partial charge in [-0.05, 0) is 12.8 Å². The highest BCUT2D eigenvalue weighted by molar-refractivity contribution is 5.46. The average Bonchev–Trinajstić information content (AvgIpc) is 2.41. The van der Waals surface area contributed by atoms with Gasteiger partial charge in [-0.1, -0.05) is 30.9 Å². The minimum absolute atomic E-state index is 0.403. The molecule has 4 nitrogen and oxygen atoms in total. The molecule has 74 valence electrons. The molecular formula is C9H16N2O2. The summed E-state index contributed by atoms with van der Waals surface area (Å²) in [5.74, 6) is 0. The van der Waals surface area contributed by atoms with E-state index in [1.54, 1.807) is 0 Å². The summed E-state index contributed by atoms with van der Waals surface area (Å²) < 4.78 is 0. The fraction of sp³-hybridized carbons (Fsp3) is 0.889. The van der Waals surface area contributed by atoms with Gasteiger partial charge in [-0.3, -0.25) is 4.79 Å². The first kappa shape index (κ1) is 10.2. The van der Waals surface area contributed by atoms with Gasteiger partial charge in [-0.25, -0.2) is 0 Å².